The molecule has 2 aromatic rings. The minimum absolute atomic E-state index is 0.145. The van der Waals surface area contributed by atoms with E-state index in [-0.39, 0.29) is 16.8 Å². The van der Waals surface area contributed by atoms with Crippen molar-refractivity contribution >= 4 is 17.6 Å². The van der Waals surface area contributed by atoms with Gasteiger partial charge in [-0.05, 0) is 88.0 Å². The molecule has 0 amide bonds. The molecule has 0 heterocycles. The number of hydrogen-bond donors (Lipinski definition) is 0. The van der Waals surface area contributed by atoms with Crippen LogP contribution in [0.25, 0.3) is 11.6 Å². The second-order valence-electron chi connectivity index (χ2n) is 11.1. The van der Waals surface area contributed by atoms with E-state index in [9.17, 15) is 4.79 Å². The van der Waals surface area contributed by atoms with E-state index in [1.54, 1.807) is 0 Å². The lowest BCUT2D eigenvalue weighted by atomic mass is 9.71. The number of fused-ring (bicyclic) bond motifs is 1. The molecule has 0 N–H and O–H groups in total. The molecule has 2 heteroatoms. The summed E-state index contributed by atoms with van der Waals surface area (Å²) in [4.78, 5) is 11.8. The fourth-order valence-electron chi connectivity index (χ4n) is 5.26. The second-order valence-corrected chi connectivity index (χ2v) is 11.1. The summed E-state index contributed by atoms with van der Waals surface area (Å²) in [6.45, 7) is 18.8. The lowest BCUT2D eigenvalue weighted by molar-refractivity contribution is 0.0600. The van der Waals surface area contributed by atoms with Crippen LogP contribution in [0.15, 0.2) is 36.4 Å². The highest BCUT2D eigenvalue weighted by Crippen LogP contribution is 2.54. The largest absolute Gasteiger partial charge is 0.465 e. The van der Waals surface area contributed by atoms with Gasteiger partial charge in [-0.25, -0.2) is 4.79 Å². The molecular formula is C30H40O2. The van der Waals surface area contributed by atoms with E-state index in [1.165, 1.54) is 41.4 Å². The van der Waals surface area contributed by atoms with E-state index in [0.717, 1.165) is 12.0 Å². The highest BCUT2D eigenvalue weighted by Gasteiger charge is 2.48. The molecule has 0 spiro atoms. The highest BCUT2D eigenvalue weighted by atomic mass is 16.5. The normalized spacial score (nSPS) is 19.2. The Hall–Kier alpha value is -2.35. The average Bonchev–Trinajstić information content (AvgIpc) is 2.88. The number of rotatable bonds is 6. The Morgan fingerprint density at radius 1 is 1.03 bits per heavy atom. The summed E-state index contributed by atoms with van der Waals surface area (Å²) in [7, 11) is 1.41. The Morgan fingerprint density at radius 3 is 2.12 bits per heavy atom. The van der Waals surface area contributed by atoms with Crippen LogP contribution in [0.3, 0.4) is 0 Å². The maximum atomic E-state index is 11.8. The first kappa shape index (κ1) is 24.3. The molecule has 1 unspecified atom stereocenters. The summed E-state index contributed by atoms with van der Waals surface area (Å²) in [5, 5.41) is 0. The third kappa shape index (κ3) is 4.42. The van der Waals surface area contributed by atoms with Crippen LogP contribution in [0, 0.1) is 11.8 Å². The molecule has 1 aliphatic carbocycles. The van der Waals surface area contributed by atoms with E-state index in [2.05, 4.69) is 73.6 Å². The van der Waals surface area contributed by atoms with Gasteiger partial charge in [-0.15, -0.1) is 0 Å². The highest BCUT2D eigenvalue weighted by molar-refractivity contribution is 5.90. The number of aryl methyl sites for hydroxylation is 1. The predicted molar refractivity (Wildman–Crippen MR) is 136 cm³/mol. The monoisotopic (exact) mass is 432 g/mol. The number of benzene rings is 2. The first-order chi connectivity index (χ1) is 14.9. The van der Waals surface area contributed by atoms with Gasteiger partial charge in [-0.3, -0.25) is 0 Å². The Morgan fingerprint density at radius 2 is 1.59 bits per heavy atom. The number of esters is 1. The van der Waals surface area contributed by atoms with E-state index >= 15 is 0 Å². The Balaban J connectivity index is 2.09. The molecule has 172 valence electrons. The van der Waals surface area contributed by atoms with Crippen LogP contribution >= 0.6 is 0 Å². The van der Waals surface area contributed by atoms with E-state index in [1.807, 2.05) is 24.3 Å². The van der Waals surface area contributed by atoms with Crippen molar-refractivity contribution in [3.8, 4) is 0 Å². The smallest absolute Gasteiger partial charge is 0.337 e. The van der Waals surface area contributed by atoms with Crippen LogP contribution in [0.1, 0.15) is 100.0 Å². The zero-order chi connectivity index (χ0) is 23.8. The molecule has 1 aliphatic rings. The van der Waals surface area contributed by atoms with Crippen LogP contribution < -0.4 is 0 Å². The van der Waals surface area contributed by atoms with Gasteiger partial charge in [-0.1, -0.05) is 78.8 Å². The van der Waals surface area contributed by atoms with Crippen molar-refractivity contribution in [1.29, 1.82) is 0 Å². The third-order valence-electron chi connectivity index (χ3n) is 7.93. The summed E-state index contributed by atoms with van der Waals surface area (Å²) in [6.07, 6.45) is 4.52. The molecule has 0 fully saturated rings. The van der Waals surface area contributed by atoms with Gasteiger partial charge in [0.1, 0.15) is 0 Å². The number of hydrogen-bond acceptors (Lipinski definition) is 2. The van der Waals surface area contributed by atoms with Crippen molar-refractivity contribution in [2.45, 2.75) is 79.1 Å². The molecule has 1 atom stereocenters. The van der Waals surface area contributed by atoms with Crippen LogP contribution in [0.4, 0.5) is 0 Å². The van der Waals surface area contributed by atoms with Crippen LogP contribution in [0.2, 0.25) is 0 Å². The predicted octanol–water partition coefficient (Wildman–Crippen LogP) is 7.83. The van der Waals surface area contributed by atoms with Crippen molar-refractivity contribution in [2.24, 2.45) is 11.8 Å². The van der Waals surface area contributed by atoms with Crippen molar-refractivity contribution in [3.05, 3.63) is 69.8 Å². The van der Waals surface area contributed by atoms with Crippen LogP contribution in [0.5, 0.6) is 0 Å². The maximum Gasteiger partial charge on any atom is 0.337 e. The number of carbonyl (C=O) groups is 1. The summed E-state index contributed by atoms with van der Waals surface area (Å²) in [5.41, 5.74) is 9.09. The third-order valence-corrected chi connectivity index (χ3v) is 7.93. The van der Waals surface area contributed by atoms with E-state index in [0.29, 0.717) is 17.4 Å². The lowest BCUT2D eigenvalue weighted by Gasteiger charge is -2.32. The van der Waals surface area contributed by atoms with Gasteiger partial charge >= 0.3 is 5.97 Å². The minimum Gasteiger partial charge on any atom is -0.465 e. The molecule has 3 rings (SSSR count). The quantitative estimate of drug-likeness (QED) is 0.343. The Labute approximate surface area is 195 Å². The van der Waals surface area contributed by atoms with Crippen molar-refractivity contribution in [2.75, 3.05) is 7.11 Å². The number of allylic oxidation sites excluding steroid dienone is 1. The van der Waals surface area contributed by atoms with Gasteiger partial charge in [0.05, 0.1) is 12.7 Å². The van der Waals surface area contributed by atoms with E-state index < -0.39 is 0 Å². The first-order valence-electron chi connectivity index (χ1n) is 11.9. The topological polar surface area (TPSA) is 26.3 Å². The van der Waals surface area contributed by atoms with E-state index in [4.69, 9.17) is 4.74 Å². The summed E-state index contributed by atoms with van der Waals surface area (Å²) in [5.74, 6) is 0.953. The summed E-state index contributed by atoms with van der Waals surface area (Å²) in [6, 6.07) is 12.6. The molecule has 0 saturated heterocycles. The van der Waals surface area contributed by atoms with Crippen LogP contribution in [-0.2, 0) is 22.0 Å². The molecule has 2 aromatic carbocycles. The summed E-state index contributed by atoms with van der Waals surface area (Å²) < 4.78 is 4.82. The molecule has 0 aliphatic heterocycles. The Kier molecular flexibility index (Phi) is 6.75. The molecule has 0 bridgehead atoms. The molecule has 2 nitrogen and oxygen atoms in total. The molecular weight excluding hydrogens is 392 g/mol. The second kappa shape index (κ2) is 8.89. The zero-order valence-corrected chi connectivity index (χ0v) is 21.4. The van der Waals surface area contributed by atoms with Gasteiger partial charge in [0.2, 0.25) is 0 Å². The number of methoxy groups -OCH3 is 1. The van der Waals surface area contributed by atoms with Gasteiger partial charge in [0.25, 0.3) is 0 Å². The van der Waals surface area contributed by atoms with Gasteiger partial charge in [-0.2, -0.15) is 0 Å². The van der Waals surface area contributed by atoms with Gasteiger partial charge in [0, 0.05) is 0 Å². The van der Waals surface area contributed by atoms with Crippen molar-refractivity contribution < 1.29 is 9.53 Å². The van der Waals surface area contributed by atoms with Crippen molar-refractivity contribution in [3.63, 3.8) is 0 Å². The van der Waals surface area contributed by atoms with Crippen LogP contribution in [-0.4, -0.2) is 13.1 Å². The fraction of sp³-hybridized carbons (Fsp3) is 0.500. The first-order valence-corrected chi connectivity index (χ1v) is 11.9. The lowest BCUT2D eigenvalue weighted by Crippen LogP contribution is -2.30. The molecule has 0 aromatic heterocycles. The summed E-state index contributed by atoms with van der Waals surface area (Å²) >= 11 is 0. The average molecular weight is 433 g/mol. The number of ether oxygens (including phenoxy) is 1. The number of carbonyl (C=O) groups excluding carboxylic acids is 1. The zero-order valence-electron chi connectivity index (χ0n) is 21.4. The minimum atomic E-state index is -0.300. The SMILES string of the molecule is COC(=O)c1ccc(/C=C(\C)c2cc3c(cc2CCC(C)C)C(C)(C)C(C)C3(C)C)cc1. The fourth-order valence-corrected chi connectivity index (χ4v) is 5.26. The standard InChI is InChI=1S/C30H40O2/c1-19(2)10-13-24-17-26-27(30(7,8)21(4)29(26,5)6)18-25(24)20(3)16-22-11-14-23(15-12-22)28(31)32-9/h11-12,14-19,21H,10,13H2,1-9H3/b20-16+. The van der Waals surface area contributed by atoms with Gasteiger partial charge in [0.15, 0.2) is 0 Å². The van der Waals surface area contributed by atoms with Gasteiger partial charge < -0.3 is 4.74 Å². The molecule has 0 radical (unpaired) electrons. The molecule has 0 saturated carbocycles. The Bertz CT molecular complexity index is 1020. The molecule has 32 heavy (non-hydrogen) atoms. The van der Waals surface area contributed by atoms with Crippen molar-refractivity contribution in [1.82, 2.24) is 0 Å². The maximum absolute atomic E-state index is 11.8.